The van der Waals surface area contributed by atoms with Crippen LogP contribution in [0.5, 0.6) is 0 Å². The van der Waals surface area contributed by atoms with Gasteiger partial charge in [-0.15, -0.1) is 0 Å². The molecule has 2 heterocycles. The van der Waals surface area contributed by atoms with Gasteiger partial charge in [0.05, 0.1) is 17.7 Å². The summed E-state index contributed by atoms with van der Waals surface area (Å²) >= 11 is 0. The number of aromatic nitrogens is 2. The van der Waals surface area contributed by atoms with E-state index in [1.807, 2.05) is 33.2 Å². The van der Waals surface area contributed by atoms with Crippen LogP contribution in [0.1, 0.15) is 74.3 Å². The average Bonchev–Trinajstić information content (AvgIpc) is 3.30. The minimum Gasteiger partial charge on any atom is -0.465 e. The topological polar surface area (TPSA) is 67.0 Å². The molecule has 5 nitrogen and oxygen atoms in total. The summed E-state index contributed by atoms with van der Waals surface area (Å²) in [5, 5.41) is 4.88. The minimum absolute atomic E-state index is 0.197. The lowest BCUT2D eigenvalue weighted by atomic mass is 9.83. The molecule has 0 unspecified atom stereocenters. The van der Waals surface area contributed by atoms with E-state index >= 15 is 0 Å². The number of unbranched alkanes of at least 4 members (excludes halogenated alkanes) is 1. The molecule has 2 aromatic heterocycles. The smallest absolute Gasteiger partial charge is 0.315 e. The third-order valence-corrected chi connectivity index (χ3v) is 7.62. The van der Waals surface area contributed by atoms with Gasteiger partial charge in [-0.2, -0.15) is 0 Å². The molecule has 2 N–H and O–H groups in total. The van der Waals surface area contributed by atoms with Crippen LogP contribution in [0, 0.1) is 13.8 Å². The Labute approximate surface area is 233 Å². The predicted molar refractivity (Wildman–Crippen MR) is 161 cm³/mol. The van der Waals surface area contributed by atoms with Gasteiger partial charge in [-0.25, -0.2) is 0 Å². The van der Waals surface area contributed by atoms with Crippen LogP contribution < -0.4 is 5.32 Å². The van der Waals surface area contributed by atoms with Gasteiger partial charge in [-0.05, 0) is 125 Å². The third kappa shape index (κ3) is 6.77. The lowest BCUT2D eigenvalue weighted by Gasteiger charge is -2.23. The monoisotopic (exact) mass is 525 g/mol. The highest BCUT2D eigenvalue weighted by molar-refractivity contribution is 5.93. The highest BCUT2D eigenvalue weighted by Gasteiger charge is 2.32. The number of pyridine rings is 1. The molecule has 0 saturated carbocycles. The van der Waals surface area contributed by atoms with Crippen LogP contribution in [0.15, 0.2) is 60.9 Å². The number of ether oxygens (including phenoxy) is 1. The van der Waals surface area contributed by atoms with E-state index in [4.69, 9.17) is 4.74 Å². The van der Waals surface area contributed by atoms with Crippen LogP contribution in [-0.2, 0) is 21.4 Å². The molecule has 0 amide bonds. The van der Waals surface area contributed by atoms with Crippen molar-refractivity contribution in [1.82, 2.24) is 15.3 Å². The van der Waals surface area contributed by atoms with E-state index in [0.29, 0.717) is 6.61 Å². The fourth-order valence-corrected chi connectivity index (χ4v) is 5.44. The van der Waals surface area contributed by atoms with Crippen molar-refractivity contribution in [2.45, 2.75) is 72.1 Å². The van der Waals surface area contributed by atoms with Crippen LogP contribution in [0.25, 0.3) is 22.2 Å². The van der Waals surface area contributed by atoms with Gasteiger partial charge in [0.15, 0.2) is 0 Å². The second-order valence-electron chi connectivity index (χ2n) is 11.3. The standard InChI is InChI=1S/C34H43N3O2/c1-7-39-33(38)34(5,6)28-11-12-30-29(21-28)31(32(37-30)27-19-23(2)18-24(3)20-27)25(4)22-36-15-9-8-10-26-13-16-35-17-14-26/h11-14,16-21,25,36-37H,7-10,15,22H2,1-6H3/t25-/m1/s1. The Bertz CT molecular complexity index is 1380. The van der Waals surface area contributed by atoms with Gasteiger partial charge in [0.1, 0.15) is 0 Å². The summed E-state index contributed by atoms with van der Waals surface area (Å²) < 4.78 is 5.41. The van der Waals surface area contributed by atoms with Crippen molar-refractivity contribution in [3.63, 3.8) is 0 Å². The van der Waals surface area contributed by atoms with Gasteiger partial charge in [-0.1, -0.05) is 30.2 Å². The number of benzene rings is 2. The number of aryl methyl sites for hydroxylation is 3. The summed E-state index contributed by atoms with van der Waals surface area (Å²) in [6.07, 6.45) is 7.09. The summed E-state index contributed by atoms with van der Waals surface area (Å²) in [7, 11) is 0. The largest absolute Gasteiger partial charge is 0.465 e. The second-order valence-corrected chi connectivity index (χ2v) is 11.3. The first-order chi connectivity index (χ1) is 18.7. The quantitative estimate of drug-likeness (QED) is 0.149. The molecule has 5 heteroatoms. The number of esters is 1. The Morgan fingerprint density at radius 2 is 1.74 bits per heavy atom. The predicted octanol–water partition coefficient (Wildman–Crippen LogP) is 7.40. The summed E-state index contributed by atoms with van der Waals surface area (Å²) in [6, 6.07) is 17.3. The van der Waals surface area contributed by atoms with Gasteiger partial charge < -0.3 is 15.0 Å². The molecule has 0 bridgehead atoms. The van der Waals surface area contributed by atoms with Crippen LogP contribution in [-0.4, -0.2) is 35.6 Å². The van der Waals surface area contributed by atoms with Gasteiger partial charge in [0.25, 0.3) is 0 Å². The zero-order valence-electron chi connectivity index (χ0n) is 24.4. The van der Waals surface area contributed by atoms with Gasteiger partial charge in [0, 0.05) is 29.8 Å². The first-order valence-electron chi connectivity index (χ1n) is 14.2. The first-order valence-corrected chi connectivity index (χ1v) is 14.2. The SMILES string of the molecule is CCOC(=O)C(C)(C)c1ccc2[nH]c(-c3cc(C)cc(C)c3)c([C@H](C)CNCCCCc3ccncc3)c2c1. The molecule has 1 atom stereocenters. The van der Waals surface area contributed by atoms with E-state index in [0.717, 1.165) is 49.1 Å². The number of aromatic amines is 1. The fourth-order valence-electron chi connectivity index (χ4n) is 5.44. The minimum atomic E-state index is -0.727. The van der Waals surface area contributed by atoms with Crippen molar-refractivity contribution < 1.29 is 9.53 Å². The van der Waals surface area contributed by atoms with Crippen molar-refractivity contribution in [3.8, 4) is 11.3 Å². The lowest BCUT2D eigenvalue weighted by Crippen LogP contribution is -2.31. The molecule has 0 aliphatic rings. The normalized spacial score (nSPS) is 12.6. The zero-order chi connectivity index (χ0) is 28.0. The average molecular weight is 526 g/mol. The Kier molecular flexibility index (Phi) is 9.24. The fraction of sp³-hybridized carbons (Fsp3) is 0.412. The Morgan fingerprint density at radius 1 is 1.03 bits per heavy atom. The summed E-state index contributed by atoms with van der Waals surface area (Å²) in [4.78, 5) is 20.6. The molecular weight excluding hydrogens is 482 g/mol. The second kappa shape index (κ2) is 12.6. The van der Waals surface area contributed by atoms with E-state index in [2.05, 4.69) is 84.6 Å². The first kappa shape index (κ1) is 28.6. The molecule has 39 heavy (non-hydrogen) atoms. The third-order valence-electron chi connectivity index (χ3n) is 7.62. The van der Waals surface area contributed by atoms with Crippen LogP contribution in [0.2, 0.25) is 0 Å². The molecule has 4 rings (SSSR count). The number of H-pyrrole nitrogens is 1. The number of hydrogen-bond acceptors (Lipinski definition) is 4. The molecule has 0 aliphatic heterocycles. The molecule has 0 saturated heterocycles. The van der Waals surface area contributed by atoms with Crippen molar-refractivity contribution in [3.05, 3.63) is 88.7 Å². The maximum atomic E-state index is 12.8. The molecule has 0 spiro atoms. The van der Waals surface area contributed by atoms with E-state index < -0.39 is 5.41 Å². The highest BCUT2D eigenvalue weighted by Crippen LogP contribution is 2.38. The molecule has 4 aromatic rings. The molecule has 0 radical (unpaired) electrons. The van der Waals surface area contributed by atoms with E-state index in [-0.39, 0.29) is 11.9 Å². The summed E-state index contributed by atoms with van der Waals surface area (Å²) in [5.41, 5.74) is 8.83. The number of rotatable bonds is 12. The summed E-state index contributed by atoms with van der Waals surface area (Å²) in [5.74, 6) is 0.0770. The van der Waals surface area contributed by atoms with Gasteiger partial charge >= 0.3 is 5.97 Å². The number of hydrogen-bond donors (Lipinski definition) is 2. The van der Waals surface area contributed by atoms with E-state index in [9.17, 15) is 4.79 Å². The lowest BCUT2D eigenvalue weighted by molar-refractivity contribution is -0.148. The zero-order valence-corrected chi connectivity index (χ0v) is 24.4. The van der Waals surface area contributed by atoms with Crippen molar-refractivity contribution in [2.24, 2.45) is 0 Å². The van der Waals surface area contributed by atoms with E-state index in [1.165, 1.54) is 33.2 Å². The number of nitrogens with one attached hydrogen (secondary N) is 2. The maximum Gasteiger partial charge on any atom is 0.315 e. The Balaban J connectivity index is 1.60. The van der Waals surface area contributed by atoms with Crippen molar-refractivity contribution >= 4 is 16.9 Å². The molecule has 2 aromatic carbocycles. The van der Waals surface area contributed by atoms with E-state index in [1.54, 1.807) is 0 Å². The van der Waals surface area contributed by atoms with Crippen molar-refractivity contribution in [1.29, 1.82) is 0 Å². The highest BCUT2D eigenvalue weighted by atomic mass is 16.5. The summed E-state index contributed by atoms with van der Waals surface area (Å²) in [6.45, 7) is 14.6. The number of carbonyl (C=O) groups is 1. The van der Waals surface area contributed by atoms with Gasteiger partial charge in [-0.3, -0.25) is 9.78 Å². The maximum absolute atomic E-state index is 12.8. The van der Waals surface area contributed by atoms with Gasteiger partial charge in [0.2, 0.25) is 0 Å². The number of carbonyl (C=O) groups excluding carboxylic acids is 1. The Morgan fingerprint density at radius 3 is 2.44 bits per heavy atom. The van der Waals surface area contributed by atoms with Crippen LogP contribution in [0.4, 0.5) is 0 Å². The van der Waals surface area contributed by atoms with Crippen LogP contribution >= 0.6 is 0 Å². The molecule has 0 fully saturated rings. The molecular formula is C34H43N3O2. The molecule has 206 valence electrons. The van der Waals surface area contributed by atoms with Crippen LogP contribution in [0.3, 0.4) is 0 Å². The van der Waals surface area contributed by atoms with Crippen molar-refractivity contribution in [2.75, 3.05) is 19.7 Å². The molecule has 0 aliphatic carbocycles. The number of fused-ring (bicyclic) bond motifs is 1. The Hall–Kier alpha value is -3.44. The number of nitrogens with zero attached hydrogens (tertiary/aromatic N) is 1.